The Morgan fingerprint density at radius 2 is 1.50 bits per heavy atom. The topological polar surface area (TPSA) is 102 Å². The van der Waals surface area contributed by atoms with Gasteiger partial charge in [0.1, 0.15) is 5.82 Å². The lowest BCUT2D eigenvalue weighted by atomic mass is 10.1. The van der Waals surface area contributed by atoms with E-state index in [1.165, 1.54) is 12.1 Å². The molecule has 2 rings (SSSR count). The molecular weight excluding hydrogens is 367 g/mol. The van der Waals surface area contributed by atoms with E-state index in [0.717, 1.165) is 12.1 Å². The molecule has 0 aliphatic heterocycles. The number of hydrazine groups is 1. The van der Waals surface area contributed by atoms with Crippen molar-refractivity contribution < 1.29 is 28.3 Å². The van der Waals surface area contributed by atoms with E-state index < -0.39 is 36.0 Å². The van der Waals surface area contributed by atoms with E-state index >= 15 is 0 Å². The minimum Gasteiger partial charge on any atom is -0.457 e. The number of carbonyl (C=O) groups is 4. The number of hydrogen-bond donors (Lipinski definition) is 2. The van der Waals surface area contributed by atoms with Crippen LogP contribution in [-0.2, 0) is 14.3 Å². The molecule has 28 heavy (non-hydrogen) atoms. The van der Waals surface area contributed by atoms with Gasteiger partial charge < -0.3 is 4.74 Å². The van der Waals surface area contributed by atoms with Gasteiger partial charge >= 0.3 is 5.97 Å². The summed E-state index contributed by atoms with van der Waals surface area (Å²) in [6, 6.07) is 13.3. The SMILES string of the molecule is O=C(CCCC(=O)OCC(=O)c1ccc(F)cc1)NNC(=O)c1ccccc1. The zero-order valence-electron chi connectivity index (χ0n) is 14.9. The van der Waals surface area contributed by atoms with Crippen LogP contribution < -0.4 is 10.9 Å². The van der Waals surface area contributed by atoms with E-state index in [4.69, 9.17) is 4.74 Å². The van der Waals surface area contributed by atoms with Gasteiger partial charge in [-0.05, 0) is 42.8 Å². The number of benzene rings is 2. The van der Waals surface area contributed by atoms with E-state index in [1.54, 1.807) is 30.3 Å². The summed E-state index contributed by atoms with van der Waals surface area (Å²) >= 11 is 0. The molecule has 0 aromatic heterocycles. The lowest BCUT2D eigenvalue weighted by molar-refractivity contribution is -0.142. The highest BCUT2D eigenvalue weighted by molar-refractivity contribution is 5.98. The number of rotatable bonds is 8. The van der Waals surface area contributed by atoms with Crippen LogP contribution in [0.4, 0.5) is 4.39 Å². The molecule has 8 heteroatoms. The van der Waals surface area contributed by atoms with Crippen molar-refractivity contribution in [2.45, 2.75) is 19.3 Å². The highest BCUT2D eigenvalue weighted by atomic mass is 19.1. The first-order valence-corrected chi connectivity index (χ1v) is 8.54. The van der Waals surface area contributed by atoms with E-state index in [2.05, 4.69) is 10.9 Å². The van der Waals surface area contributed by atoms with Crippen molar-refractivity contribution in [2.24, 2.45) is 0 Å². The molecule has 0 radical (unpaired) electrons. The average Bonchev–Trinajstić information content (AvgIpc) is 2.71. The van der Waals surface area contributed by atoms with Crippen molar-refractivity contribution >= 4 is 23.6 Å². The standard InChI is InChI=1S/C20H19FN2O5/c21-16-11-9-14(10-12-16)17(24)13-28-19(26)8-4-7-18(25)22-23-20(27)15-5-2-1-3-6-15/h1-3,5-6,9-12H,4,7-8,13H2,(H,22,25)(H,23,27). The molecule has 0 fully saturated rings. The number of Topliss-reactive ketones (excluding diaryl/α,β-unsaturated/α-hetero) is 1. The second-order valence-corrected chi connectivity index (χ2v) is 5.81. The summed E-state index contributed by atoms with van der Waals surface area (Å²) in [7, 11) is 0. The monoisotopic (exact) mass is 386 g/mol. The van der Waals surface area contributed by atoms with E-state index in [9.17, 15) is 23.6 Å². The Balaban J connectivity index is 1.61. The van der Waals surface area contributed by atoms with Crippen molar-refractivity contribution in [2.75, 3.05) is 6.61 Å². The highest BCUT2D eigenvalue weighted by Gasteiger charge is 2.11. The third-order valence-electron chi connectivity index (χ3n) is 3.67. The van der Waals surface area contributed by atoms with Crippen LogP contribution in [0.25, 0.3) is 0 Å². The Morgan fingerprint density at radius 1 is 0.821 bits per heavy atom. The van der Waals surface area contributed by atoms with E-state index in [1.807, 2.05) is 0 Å². The summed E-state index contributed by atoms with van der Waals surface area (Å²) in [4.78, 5) is 46.9. The molecule has 7 nitrogen and oxygen atoms in total. The van der Waals surface area contributed by atoms with Gasteiger partial charge in [-0.1, -0.05) is 18.2 Å². The molecule has 0 bridgehead atoms. The Morgan fingerprint density at radius 3 is 2.18 bits per heavy atom. The molecule has 0 saturated carbocycles. The molecule has 2 N–H and O–H groups in total. The van der Waals surface area contributed by atoms with E-state index in [-0.39, 0.29) is 24.8 Å². The molecule has 2 aromatic rings. The fourth-order valence-corrected chi connectivity index (χ4v) is 2.18. The van der Waals surface area contributed by atoms with Gasteiger partial charge in [0.25, 0.3) is 5.91 Å². The van der Waals surface area contributed by atoms with Gasteiger partial charge in [-0.3, -0.25) is 30.0 Å². The number of halogens is 1. The Bertz CT molecular complexity index is 837. The van der Waals surface area contributed by atoms with Crippen molar-refractivity contribution in [3.8, 4) is 0 Å². The number of nitrogens with one attached hydrogen (secondary N) is 2. The summed E-state index contributed by atoms with van der Waals surface area (Å²) in [6.07, 6.45) is 0.128. The minimum atomic E-state index is -0.628. The summed E-state index contributed by atoms with van der Waals surface area (Å²) in [5, 5.41) is 0. The smallest absolute Gasteiger partial charge is 0.306 e. The van der Waals surface area contributed by atoms with Gasteiger partial charge in [-0.15, -0.1) is 0 Å². The molecule has 2 aromatic carbocycles. The van der Waals surface area contributed by atoms with Crippen LogP contribution >= 0.6 is 0 Å². The fraction of sp³-hybridized carbons (Fsp3) is 0.200. The van der Waals surface area contributed by atoms with Gasteiger partial charge in [-0.25, -0.2) is 4.39 Å². The largest absolute Gasteiger partial charge is 0.457 e. The minimum absolute atomic E-state index is 0.00389. The summed E-state index contributed by atoms with van der Waals surface area (Å²) in [5.74, 6) is -2.45. The first kappa shape index (κ1) is 20.8. The number of carbonyl (C=O) groups excluding carboxylic acids is 4. The fourth-order valence-electron chi connectivity index (χ4n) is 2.18. The second kappa shape index (κ2) is 10.6. The lowest BCUT2D eigenvalue weighted by Crippen LogP contribution is -2.41. The molecule has 0 aliphatic carbocycles. The zero-order valence-corrected chi connectivity index (χ0v) is 14.9. The molecule has 0 unspecified atom stereocenters. The van der Waals surface area contributed by atoms with E-state index in [0.29, 0.717) is 5.56 Å². The zero-order chi connectivity index (χ0) is 20.4. The molecule has 2 amide bonds. The number of ether oxygens (including phenoxy) is 1. The third kappa shape index (κ3) is 6.99. The molecule has 0 heterocycles. The predicted octanol–water partition coefficient (Wildman–Crippen LogP) is 2.18. The van der Waals surface area contributed by atoms with Gasteiger partial charge in [0.05, 0.1) is 0 Å². The van der Waals surface area contributed by atoms with Crippen molar-refractivity contribution in [3.63, 3.8) is 0 Å². The molecule has 146 valence electrons. The van der Waals surface area contributed by atoms with Crippen LogP contribution in [0.15, 0.2) is 54.6 Å². The third-order valence-corrected chi connectivity index (χ3v) is 3.67. The molecule has 0 aliphatic rings. The maximum absolute atomic E-state index is 12.8. The summed E-state index contributed by atoms with van der Waals surface area (Å²) in [5.41, 5.74) is 5.17. The number of amides is 2. The lowest BCUT2D eigenvalue weighted by Gasteiger charge is -2.07. The van der Waals surface area contributed by atoms with Crippen LogP contribution in [0.5, 0.6) is 0 Å². The van der Waals surface area contributed by atoms with Crippen LogP contribution in [0, 0.1) is 5.82 Å². The van der Waals surface area contributed by atoms with Crippen molar-refractivity contribution in [1.29, 1.82) is 0 Å². The molecular formula is C20H19FN2O5. The average molecular weight is 386 g/mol. The molecule has 0 atom stereocenters. The maximum Gasteiger partial charge on any atom is 0.306 e. The van der Waals surface area contributed by atoms with Crippen LogP contribution in [0.1, 0.15) is 40.0 Å². The second-order valence-electron chi connectivity index (χ2n) is 5.81. The predicted molar refractivity (Wildman–Crippen MR) is 97.6 cm³/mol. The van der Waals surface area contributed by atoms with Crippen molar-refractivity contribution in [3.05, 3.63) is 71.5 Å². The Kier molecular flexibility index (Phi) is 7.83. The number of esters is 1. The first-order valence-electron chi connectivity index (χ1n) is 8.54. The van der Waals surface area contributed by atoms with Crippen LogP contribution in [0.2, 0.25) is 0 Å². The quantitative estimate of drug-likeness (QED) is 0.411. The molecule has 0 saturated heterocycles. The maximum atomic E-state index is 12.8. The first-order chi connectivity index (χ1) is 13.5. The Hall–Kier alpha value is -3.55. The summed E-state index contributed by atoms with van der Waals surface area (Å²) in [6.45, 7) is -0.455. The Labute approximate surface area is 160 Å². The molecule has 0 spiro atoms. The highest BCUT2D eigenvalue weighted by Crippen LogP contribution is 2.05. The van der Waals surface area contributed by atoms with Gasteiger partial charge in [0.15, 0.2) is 12.4 Å². The van der Waals surface area contributed by atoms with Gasteiger partial charge in [-0.2, -0.15) is 0 Å². The number of hydrogen-bond acceptors (Lipinski definition) is 5. The normalized spacial score (nSPS) is 10.0. The summed E-state index contributed by atoms with van der Waals surface area (Å²) < 4.78 is 17.6. The van der Waals surface area contributed by atoms with Crippen molar-refractivity contribution in [1.82, 2.24) is 10.9 Å². The number of ketones is 1. The van der Waals surface area contributed by atoms with Crippen LogP contribution in [-0.4, -0.2) is 30.2 Å². The van der Waals surface area contributed by atoms with Gasteiger partial charge in [0, 0.05) is 24.0 Å². The van der Waals surface area contributed by atoms with Crippen LogP contribution in [0.3, 0.4) is 0 Å². The van der Waals surface area contributed by atoms with Gasteiger partial charge in [0.2, 0.25) is 5.91 Å².